The van der Waals surface area contributed by atoms with Crippen molar-refractivity contribution in [3.8, 4) is 5.69 Å². The zero-order chi connectivity index (χ0) is 20.5. The molecule has 3 aromatic rings. The third-order valence-electron chi connectivity index (χ3n) is 5.29. The first-order chi connectivity index (χ1) is 14.0. The number of benzene rings is 2. The highest BCUT2D eigenvalue weighted by Gasteiger charge is 2.33. The van der Waals surface area contributed by atoms with E-state index >= 15 is 0 Å². The van der Waals surface area contributed by atoms with Gasteiger partial charge in [0.15, 0.2) is 5.11 Å². The Kier molecular flexibility index (Phi) is 5.07. The van der Waals surface area contributed by atoms with E-state index in [1.54, 1.807) is 14.5 Å². The van der Waals surface area contributed by atoms with Crippen LogP contribution in [0, 0.1) is 6.92 Å². The second-order valence-electron chi connectivity index (χ2n) is 7.06. The molecule has 1 aliphatic heterocycles. The van der Waals surface area contributed by atoms with Gasteiger partial charge in [0, 0.05) is 20.0 Å². The molecule has 1 aromatic heterocycles. The van der Waals surface area contributed by atoms with Crippen LogP contribution in [0.5, 0.6) is 0 Å². The van der Waals surface area contributed by atoms with Crippen molar-refractivity contribution >= 4 is 28.9 Å². The largest absolute Gasteiger partial charge is 0.312 e. The minimum absolute atomic E-state index is 0.0212. The highest BCUT2D eigenvalue weighted by molar-refractivity contribution is 7.80. The first kappa shape index (κ1) is 19.1. The van der Waals surface area contributed by atoms with Crippen LogP contribution in [0.4, 0.5) is 5.69 Å². The molecule has 1 fully saturated rings. The van der Waals surface area contributed by atoms with E-state index in [1.807, 2.05) is 79.3 Å². The third kappa shape index (κ3) is 3.38. The zero-order valence-corrected chi connectivity index (χ0v) is 17.2. The van der Waals surface area contributed by atoms with Gasteiger partial charge in [-0.2, -0.15) is 0 Å². The minimum Gasteiger partial charge on any atom is -0.312 e. The van der Waals surface area contributed by atoms with Crippen LogP contribution in [-0.4, -0.2) is 31.8 Å². The lowest BCUT2D eigenvalue weighted by Gasteiger charge is -2.36. The molecule has 6 nitrogen and oxygen atoms in total. The van der Waals surface area contributed by atoms with Crippen LogP contribution < -0.4 is 10.5 Å². The molecule has 2 aromatic carbocycles. The van der Waals surface area contributed by atoms with Gasteiger partial charge in [-0.3, -0.25) is 19.2 Å². The monoisotopic (exact) mass is 406 g/mol. The molecule has 1 amide bonds. The average molecular weight is 407 g/mol. The summed E-state index contributed by atoms with van der Waals surface area (Å²) >= 11 is 5.67. The Morgan fingerprint density at radius 2 is 1.59 bits per heavy atom. The molecule has 0 N–H and O–H groups in total. The highest BCUT2D eigenvalue weighted by Crippen LogP contribution is 2.24. The molecule has 4 rings (SSSR count). The van der Waals surface area contributed by atoms with Gasteiger partial charge in [0.1, 0.15) is 5.69 Å². The van der Waals surface area contributed by atoms with Gasteiger partial charge in [-0.05, 0) is 36.8 Å². The summed E-state index contributed by atoms with van der Waals surface area (Å²) in [6.45, 7) is 2.70. The summed E-state index contributed by atoms with van der Waals surface area (Å²) in [5.41, 5.74) is 2.96. The smallest absolute Gasteiger partial charge is 0.295 e. The molecule has 0 unspecified atom stereocenters. The maximum atomic E-state index is 13.3. The molecule has 1 saturated heterocycles. The predicted molar refractivity (Wildman–Crippen MR) is 117 cm³/mol. The molecular weight excluding hydrogens is 384 g/mol. The number of para-hydroxylation sites is 1. The maximum Gasteiger partial charge on any atom is 0.295 e. The lowest BCUT2D eigenvalue weighted by molar-refractivity contribution is -0.128. The van der Waals surface area contributed by atoms with Crippen molar-refractivity contribution in [2.45, 2.75) is 19.9 Å². The summed E-state index contributed by atoms with van der Waals surface area (Å²) in [6.07, 6.45) is 0.312. The Hall–Kier alpha value is -3.19. The summed E-state index contributed by atoms with van der Waals surface area (Å²) in [4.78, 5) is 29.3. The quantitative estimate of drug-likeness (QED) is 0.625. The van der Waals surface area contributed by atoms with Crippen molar-refractivity contribution in [3.05, 3.63) is 82.3 Å². The van der Waals surface area contributed by atoms with Crippen LogP contribution in [0.15, 0.2) is 65.5 Å². The van der Waals surface area contributed by atoms with E-state index in [4.69, 9.17) is 12.2 Å². The average Bonchev–Trinajstić information content (AvgIpc) is 2.96. The standard InChI is InChI=1S/C22H22N4O2S/c1-16-20(21(28)26(23(16)2)18-11-7-4-8-12-18)24-14-13-19(27)25(22(24)29)15-17-9-5-3-6-10-17/h3-12H,13-15H2,1-2H3. The van der Waals surface area contributed by atoms with E-state index in [9.17, 15) is 9.59 Å². The van der Waals surface area contributed by atoms with E-state index in [-0.39, 0.29) is 11.5 Å². The Morgan fingerprint density at radius 1 is 0.966 bits per heavy atom. The van der Waals surface area contributed by atoms with Gasteiger partial charge in [0.05, 0.1) is 17.9 Å². The first-order valence-corrected chi connectivity index (χ1v) is 9.89. The molecule has 0 radical (unpaired) electrons. The maximum absolute atomic E-state index is 13.3. The molecule has 0 bridgehead atoms. The van der Waals surface area contributed by atoms with Gasteiger partial charge in [-0.1, -0.05) is 48.5 Å². The number of rotatable bonds is 4. The number of hydrogen-bond acceptors (Lipinski definition) is 3. The van der Waals surface area contributed by atoms with Crippen LogP contribution in [-0.2, 0) is 18.4 Å². The number of aromatic nitrogens is 2. The van der Waals surface area contributed by atoms with Gasteiger partial charge in [-0.25, -0.2) is 4.68 Å². The van der Waals surface area contributed by atoms with Gasteiger partial charge >= 0.3 is 0 Å². The number of nitrogens with zero attached hydrogens (tertiary/aromatic N) is 4. The molecule has 148 valence electrons. The van der Waals surface area contributed by atoms with E-state index < -0.39 is 0 Å². The minimum atomic E-state index is -0.146. The molecule has 1 aliphatic rings. The normalized spacial score (nSPS) is 14.6. The van der Waals surface area contributed by atoms with Crippen molar-refractivity contribution in [2.24, 2.45) is 7.05 Å². The van der Waals surface area contributed by atoms with Crippen molar-refractivity contribution in [1.29, 1.82) is 0 Å². The highest BCUT2D eigenvalue weighted by atomic mass is 32.1. The van der Waals surface area contributed by atoms with Crippen LogP contribution in [0.1, 0.15) is 17.7 Å². The van der Waals surface area contributed by atoms with Crippen LogP contribution >= 0.6 is 12.2 Å². The van der Waals surface area contributed by atoms with Gasteiger partial charge in [-0.15, -0.1) is 0 Å². The molecule has 29 heavy (non-hydrogen) atoms. The predicted octanol–water partition coefficient (Wildman–Crippen LogP) is 3.01. The number of carbonyl (C=O) groups excluding carboxylic acids is 1. The summed E-state index contributed by atoms with van der Waals surface area (Å²) in [7, 11) is 1.85. The summed E-state index contributed by atoms with van der Waals surface area (Å²) in [6, 6.07) is 19.2. The van der Waals surface area contributed by atoms with Crippen molar-refractivity contribution in [3.63, 3.8) is 0 Å². The summed E-state index contributed by atoms with van der Waals surface area (Å²) in [5, 5.41) is 0.371. The fourth-order valence-corrected chi connectivity index (χ4v) is 4.03. The fraction of sp³-hybridized carbons (Fsp3) is 0.227. The van der Waals surface area contributed by atoms with Crippen molar-refractivity contribution in [1.82, 2.24) is 14.3 Å². The molecule has 0 atom stereocenters. The van der Waals surface area contributed by atoms with E-state index in [0.717, 1.165) is 16.9 Å². The Balaban J connectivity index is 1.72. The SMILES string of the molecule is Cc1c(N2CCC(=O)N(Cc3ccccc3)C2=S)c(=O)n(-c2ccccc2)n1C. The van der Waals surface area contributed by atoms with Gasteiger partial charge < -0.3 is 4.90 Å². The molecule has 7 heteroatoms. The second-order valence-corrected chi connectivity index (χ2v) is 7.42. The third-order valence-corrected chi connectivity index (χ3v) is 5.73. The van der Waals surface area contributed by atoms with Crippen LogP contribution in [0.3, 0.4) is 0 Å². The molecule has 0 spiro atoms. The zero-order valence-electron chi connectivity index (χ0n) is 16.4. The van der Waals surface area contributed by atoms with E-state index in [0.29, 0.717) is 30.3 Å². The van der Waals surface area contributed by atoms with Crippen molar-refractivity contribution < 1.29 is 4.79 Å². The van der Waals surface area contributed by atoms with Gasteiger partial charge in [0.25, 0.3) is 5.56 Å². The van der Waals surface area contributed by atoms with Gasteiger partial charge in [0.2, 0.25) is 5.91 Å². The number of anilines is 1. The Labute approximate surface area is 174 Å². The first-order valence-electron chi connectivity index (χ1n) is 9.49. The molecule has 0 aliphatic carbocycles. The van der Waals surface area contributed by atoms with E-state index in [2.05, 4.69) is 0 Å². The van der Waals surface area contributed by atoms with Crippen molar-refractivity contribution in [2.75, 3.05) is 11.4 Å². The molecular formula is C22H22N4O2S. The Morgan fingerprint density at radius 3 is 2.24 bits per heavy atom. The molecule has 0 saturated carbocycles. The molecule has 2 heterocycles. The number of hydrogen-bond donors (Lipinski definition) is 0. The number of carbonyl (C=O) groups is 1. The lowest BCUT2D eigenvalue weighted by atomic mass is 10.2. The van der Waals surface area contributed by atoms with Crippen LogP contribution in [0.2, 0.25) is 0 Å². The topological polar surface area (TPSA) is 50.5 Å². The number of amides is 1. The lowest BCUT2D eigenvalue weighted by Crippen LogP contribution is -2.53. The van der Waals surface area contributed by atoms with E-state index in [1.165, 1.54) is 0 Å². The number of thiocarbonyl (C=S) groups is 1. The summed E-state index contributed by atoms with van der Waals surface area (Å²) < 4.78 is 3.46. The summed E-state index contributed by atoms with van der Waals surface area (Å²) in [5.74, 6) is -0.0212. The van der Waals surface area contributed by atoms with Crippen LogP contribution in [0.25, 0.3) is 5.69 Å². The fourth-order valence-electron chi connectivity index (χ4n) is 3.68. The Bertz CT molecular complexity index is 1120. The second kappa shape index (κ2) is 7.67.